The minimum Gasteiger partial charge on any atom is -0.464 e. The van der Waals surface area contributed by atoms with E-state index in [1.165, 1.54) is 0 Å². The first-order valence-corrected chi connectivity index (χ1v) is 5.56. The Morgan fingerprint density at radius 2 is 2.33 bits per heavy atom. The van der Waals surface area contributed by atoms with Crippen molar-refractivity contribution >= 4 is 16.4 Å². The van der Waals surface area contributed by atoms with Crippen LogP contribution in [0.5, 0.6) is 0 Å². The van der Waals surface area contributed by atoms with E-state index in [0.29, 0.717) is 12.8 Å². The number of carbonyl (C=O) groups excluding carboxylic acids is 1. The Kier molecular flexibility index (Phi) is 4.08. The predicted molar refractivity (Wildman–Crippen MR) is 48.8 cm³/mol. The van der Waals surface area contributed by atoms with Gasteiger partial charge in [0.15, 0.2) is 0 Å². The van der Waals surface area contributed by atoms with Gasteiger partial charge in [-0.3, -0.25) is 0 Å². The summed E-state index contributed by atoms with van der Waals surface area (Å²) in [5, 5.41) is 0. The molecule has 1 aliphatic rings. The Balaban J connectivity index is 2.28. The minimum absolute atomic E-state index is 0.142. The normalized spacial score (nSPS) is 23.3. The molecule has 1 rings (SSSR count). The van der Waals surface area contributed by atoms with Gasteiger partial charge in [0.2, 0.25) is 6.10 Å². The van der Waals surface area contributed by atoms with E-state index in [1.54, 1.807) is 0 Å². The number of terminal acetylenes is 1. The highest BCUT2D eigenvalue weighted by atomic mass is 32.3. The van der Waals surface area contributed by atoms with Gasteiger partial charge in [-0.05, 0) is 6.42 Å². The predicted octanol–water partition coefficient (Wildman–Crippen LogP) is -0.397. The van der Waals surface area contributed by atoms with Gasteiger partial charge in [0, 0.05) is 6.42 Å². The molecule has 7 heteroatoms. The fourth-order valence-electron chi connectivity index (χ4n) is 0.890. The zero-order chi connectivity index (χ0) is 11.3. The standard InChI is InChI=1S/C8H10O6S/c1-2-3-4-5-12-8(9)7-6-13-15(10,11)14-7/h1,7H,3-6H2. The molecule has 1 atom stereocenters. The maximum Gasteiger partial charge on any atom is 0.400 e. The second kappa shape index (κ2) is 5.11. The lowest BCUT2D eigenvalue weighted by Crippen LogP contribution is -2.25. The van der Waals surface area contributed by atoms with Gasteiger partial charge in [-0.1, -0.05) is 0 Å². The molecule has 0 amide bonds. The number of hydrogen-bond acceptors (Lipinski definition) is 6. The van der Waals surface area contributed by atoms with Gasteiger partial charge in [-0.15, -0.1) is 12.3 Å². The Labute approximate surface area is 87.8 Å². The summed E-state index contributed by atoms with van der Waals surface area (Å²) >= 11 is 0. The quantitative estimate of drug-likeness (QED) is 0.374. The van der Waals surface area contributed by atoms with Crippen molar-refractivity contribution < 1.29 is 26.3 Å². The Morgan fingerprint density at radius 1 is 1.60 bits per heavy atom. The zero-order valence-electron chi connectivity index (χ0n) is 7.84. The second-order valence-electron chi connectivity index (χ2n) is 2.75. The summed E-state index contributed by atoms with van der Waals surface area (Å²) in [6.45, 7) is -0.195. The van der Waals surface area contributed by atoms with Gasteiger partial charge in [0.05, 0.1) is 6.61 Å². The molecule has 0 saturated carbocycles. The van der Waals surface area contributed by atoms with E-state index in [0.717, 1.165) is 0 Å². The van der Waals surface area contributed by atoms with Crippen molar-refractivity contribution in [3.63, 3.8) is 0 Å². The van der Waals surface area contributed by atoms with Crippen molar-refractivity contribution in [2.75, 3.05) is 13.2 Å². The Bertz CT molecular complexity index is 365. The molecule has 0 bridgehead atoms. The van der Waals surface area contributed by atoms with Crippen LogP contribution in [0.1, 0.15) is 12.8 Å². The fraction of sp³-hybridized carbons (Fsp3) is 0.625. The van der Waals surface area contributed by atoms with Crippen LogP contribution in [0, 0.1) is 12.3 Å². The van der Waals surface area contributed by atoms with Crippen molar-refractivity contribution in [2.45, 2.75) is 18.9 Å². The first kappa shape index (κ1) is 12.0. The number of ether oxygens (including phenoxy) is 1. The highest BCUT2D eigenvalue weighted by Gasteiger charge is 2.36. The van der Waals surface area contributed by atoms with Crippen LogP contribution in [0.2, 0.25) is 0 Å². The summed E-state index contributed by atoms with van der Waals surface area (Å²) in [7, 11) is -4.01. The first-order valence-electron chi connectivity index (χ1n) is 4.23. The van der Waals surface area contributed by atoms with E-state index >= 15 is 0 Å². The lowest BCUT2D eigenvalue weighted by atomic mass is 10.3. The van der Waals surface area contributed by atoms with Gasteiger partial charge in [0.1, 0.15) is 6.61 Å². The van der Waals surface area contributed by atoms with Crippen LogP contribution >= 0.6 is 0 Å². The van der Waals surface area contributed by atoms with E-state index < -0.39 is 22.5 Å². The van der Waals surface area contributed by atoms with Gasteiger partial charge in [0.25, 0.3) is 0 Å². The van der Waals surface area contributed by atoms with Crippen LogP contribution in [-0.4, -0.2) is 33.7 Å². The SMILES string of the molecule is C#CCCCOC(=O)C1COS(=O)(=O)O1. The molecule has 1 heterocycles. The summed E-state index contributed by atoms with van der Waals surface area (Å²) in [6.07, 6.45) is 4.82. The van der Waals surface area contributed by atoms with Crippen LogP contribution in [0.25, 0.3) is 0 Å². The van der Waals surface area contributed by atoms with E-state index in [2.05, 4.69) is 14.3 Å². The van der Waals surface area contributed by atoms with Crippen molar-refractivity contribution in [1.29, 1.82) is 0 Å². The molecule has 0 aromatic rings. The molecule has 84 valence electrons. The molecule has 1 aliphatic heterocycles. The van der Waals surface area contributed by atoms with Gasteiger partial charge in [-0.2, -0.15) is 8.42 Å². The molecule has 15 heavy (non-hydrogen) atoms. The Hall–Kier alpha value is -1.10. The number of unbranched alkanes of at least 4 members (excludes halogenated alkanes) is 1. The number of hydrogen-bond donors (Lipinski definition) is 0. The van der Waals surface area contributed by atoms with Crippen molar-refractivity contribution in [1.82, 2.24) is 0 Å². The van der Waals surface area contributed by atoms with Crippen LogP contribution in [0.4, 0.5) is 0 Å². The first-order chi connectivity index (χ1) is 7.05. The molecule has 0 N–H and O–H groups in total. The third kappa shape index (κ3) is 3.87. The summed E-state index contributed by atoms with van der Waals surface area (Å²) in [6, 6.07) is 0. The number of esters is 1. The highest BCUT2D eigenvalue weighted by molar-refractivity contribution is 7.82. The van der Waals surface area contributed by atoms with E-state index in [9.17, 15) is 13.2 Å². The number of carbonyl (C=O) groups is 1. The number of rotatable bonds is 4. The summed E-state index contributed by atoms with van der Waals surface area (Å²) in [5.41, 5.74) is 0. The van der Waals surface area contributed by atoms with Gasteiger partial charge >= 0.3 is 16.4 Å². The third-order valence-corrected chi connectivity index (χ3v) is 2.46. The lowest BCUT2D eigenvalue weighted by molar-refractivity contribution is -0.151. The molecular formula is C8H10O6S. The van der Waals surface area contributed by atoms with Gasteiger partial charge < -0.3 is 4.74 Å². The van der Waals surface area contributed by atoms with E-state index in [1.807, 2.05) is 0 Å². The monoisotopic (exact) mass is 234 g/mol. The molecule has 0 radical (unpaired) electrons. The maximum absolute atomic E-state index is 11.2. The third-order valence-electron chi connectivity index (χ3n) is 1.57. The van der Waals surface area contributed by atoms with Crippen molar-refractivity contribution in [2.24, 2.45) is 0 Å². The summed E-state index contributed by atoms with van der Waals surface area (Å²) in [4.78, 5) is 11.2. The van der Waals surface area contributed by atoms with Gasteiger partial charge in [-0.25, -0.2) is 13.2 Å². The molecular weight excluding hydrogens is 224 g/mol. The topological polar surface area (TPSA) is 78.9 Å². The maximum atomic E-state index is 11.2. The van der Waals surface area contributed by atoms with Crippen LogP contribution < -0.4 is 0 Å². The average Bonchev–Trinajstić information content (AvgIpc) is 2.53. The molecule has 1 saturated heterocycles. The second-order valence-corrected chi connectivity index (χ2v) is 4.00. The van der Waals surface area contributed by atoms with E-state index in [-0.39, 0.29) is 13.2 Å². The molecule has 1 fully saturated rings. The molecule has 0 aromatic heterocycles. The molecule has 1 unspecified atom stereocenters. The largest absolute Gasteiger partial charge is 0.464 e. The Morgan fingerprint density at radius 3 is 2.87 bits per heavy atom. The molecule has 0 aromatic carbocycles. The average molecular weight is 234 g/mol. The van der Waals surface area contributed by atoms with Crippen LogP contribution in [0.15, 0.2) is 0 Å². The minimum atomic E-state index is -4.01. The van der Waals surface area contributed by atoms with Crippen LogP contribution in [0.3, 0.4) is 0 Å². The zero-order valence-corrected chi connectivity index (χ0v) is 8.66. The lowest BCUT2D eigenvalue weighted by Gasteiger charge is -2.05. The van der Waals surface area contributed by atoms with E-state index in [4.69, 9.17) is 11.2 Å². The molecule has 0 spiro atoms. The van der Waals surface area contributed by atoms with Crippen molar-refractivity contribution in [3.05, 3.63) is 0 Å². The summed E-state index contributed by atoms with van der Waals surface area (Å²) < 4.78 is 34.5. The summed E-state index contributed by atoms with van der Waals surface area (Å²) in [5.74, 6) is 1.62. The van der Waals surface area contributed by atoms with Crippen LogP contribution in [-0.2, 0) is 28.3 Å². The van der Waals surface area contributed by atoms with Crippen molar-refractivity contribution in [3.8, 4) is 12.3 Å². The molecule has 6 nitrogen and oxygen atoms in total. The highest BCUT2D eigenvalue weighted by Crippen LogP contribution is 2.13. The molecule has 0 aliphatic carbocycles. The fourth-order valence-corrected chi connectivity index (χ4v) is 1.65. The smallest absolute Gasteiger partial charge is 0.400 e.